The van der Waals surface area contributed by atoms with Gasteiger partial charge in [-0.1, -0.05) is 0 Å². The second kappa shape index (κ2) is 6.72. The Kier molecular flexibility index (Phi) is 4.83. The van der Waals surface area contributed by atoms with E-state index in [1.165, 1.54) is 4.31 Å². The third-order valence-electron chi connectivity index (χ3n) is 4.67. The number of anilines is 1. The van der Waals surface area contributed by atoms with E-state index in [4.69, 9.17) is 4.74 Å². The minimum absolute atomic E-state index is 0.0698. The molecule has 2 atom stereocenters. The number of carbonyl (C=O) groups excluding carboxylic acids is 1. The lowest BCUT2D eigenvalue weighted by Crippen LogP contribution is -2.36. The van der Waals surface area contributed by atoms with Gasteiger partial charge in [0.1, 0.15) is 0 Å². The zero-order valence-corrected chi connectivity index (χ0v) is 14.9. The Morgan fingerprint density at radius 1 is 1.42 bits per heavy atom. The van der Waals surface area contributed by atoms with E-state index in [2.05, 4.69) is 5.32 Å². The summed E-state index contributed by atoms with van der Waals surface area (Å²) < 4.78 is 31.5. The van der Waals surface area contributed by atoms with Crippen LogP contribution in [0.2, 0.25) is 0 Å². The number of amides is 1. The van der Waals surface area contributed by atoms with E-state index in [0.717, 1.165) is 25.0 Å². The second-order valence-corrected chi connectivity index (χ2v) is 8.57. The summed E-state index contributed by atoms with van der Waals surface area (Å²) in [6.07, 6.45) is 2.75. The van der Waals surface area contributed by atoms with Gasteiger partial charge in [0.05, 0.1) is 17.5 Å². The number of hydrogen-bond donors (Lipinski definition) is 1. The van der Waals surface area contributed by atoms with Gasteiger partial charge in [-0.25, -0.2) is 8.42 Å². The van der Waals surface area contributed by atoms with Gasteiger partial charge in [0.2, 0.25) is 10.0 Å². The zero-order chi connectivity index (χ0) is 17.3. The van der Waals surface area contributed by atoms with Crippen LogP contribution in [-0.4, -0.2) is 45.4 Å². The molecule has 132 valence electrons. The fourth-order valence-corrected chi connectivity index (χ4v) is 4.80. The maximum Gasteiger partial charge on any atom is 0.251 e. The Morgan fingerprint density at radius 2 is 2.21 bits per heavy atom. The van der Waals surface area contributed by atoms with Gasteiger partial charge < -0.3 is 10.1 Å². The van der Waals surface area contributed by atoms with Crippen molar-refractivity contribution in [3.05, 3.63) is 29.3 Å². The molecule has 3 rings (SSSR count). The van der Waals surface area contributed by atoms with Crippen molar-refractivity contribution in [2.75, 3.05) is 23.2 Å². The summed E-state index contributed by atoms with van der Waals surface area (Å²) in [6.45, 7) is 4.82. The van der Waals surface area contributed by atoms with Crippen LogP contribution < -0.4 is 9.62 Å². The summed E-state index contributed by atoms with van der Waals surface area (Å²) in [6, 6.07) is 5.13. The Bertz CT molecular complexity index is 726. The molecule has 2 aliphatic heterocycles. The fraction of sp³-hybridized carbons (Fsp3) is 0.588. The molecule has 0 radical (unpaired) electrons. The zero-order valence-electron chi connectivity index (χ0n) is 14.1. The molecule has 0 bridgehead atoms. The van der Waals surface area contributed by atoms with Crippen LogP contribution in [-0.2, 0) is 21.2 Å². The third-order valence-corrected chi connectivity index (χ3v) is 6.56. The van der Waals surface area contributed by atoms with Gasteiger partial charge in [0.15, 0.2) is 0 Å². The lowest BCUT2D eigenvalue weighted by Gasteiger charge is -2.23. The summed E-state index contributed by atoms with van der Waals surface area (Å²) in [5.74, 6) is -0.0711. The number of benzene rings is 1. The highest BCUT2D eigenvalue weighted by Crippen LogP contribution is 2.35. The quantitative estimate of drug-likeness (QED) is 0.875. The number of ether oxygens (including phenoxy) is 1. The number of nitrogens with one attached hydrogen (secondary N) is 1. The van der Waals surface area contributed by atoms with Gasteiger partial charge in [-0.05, 0) is 56.9 Å². The average molecular weight is 352 g/mol. The largest absolute Gasteiger partial charge is 0.376 e. The summed E-state index contributed by atoms with van der Waals surface area (Å²) >= 11 is 0. The van der Waals surface area contributed by atoms with E-state index < -0.39 is 10.0 Å². The first kappa shape index (κ1) is 17.2. The van der Waals surface area contributed by atoms with Gasteiger partial charge in [0.25, 0.3) is 5.91 Å². The van der Waals surface area contributed by atoms with Crippen molar-refractivity contribution in [3.8, 4) is 0 Å². The highest BCUT2D eigenvalue weighted by molar-refractivity contribution is 7.92. The molecule has 0 spiro atoms. The van der Waals surface area contributed by atoms with Gasteiger partial charge in [-0.3, -0.25) is 9.10 Å². The van der Waals surface area contributed by atoms with Crippen molar-refractivity contribution in [1.82, 2.24) is 5.32 Å². The number of hydrogen-bond acceptors (Lipinski definition) is 4. The summed E-state index contributed by atoms with van der Waals surface area (Å²) in [7, 11) is -3.30. The van der Waals surface area contributed by atoms with E-state index >= 15 is 0 Å². The summed E-state index contributed by atoms with van der Waals surface area (Å²) in [5.41, 5.74) is 2.17. The molecule has 0 aromatic heterocycles. The predicted octanol–water partition coefficient (Wildman–Crippen LogP) is 1.70. The molecule has 2 aliphatic rings. The molecule has 1 saturated heterocycles. The normalized spacial score (nSPS) is 23.3. The molecule has 0 saturated carbocycles. The Hall–Kier alpha value is -1.60. The maximum absolute atomic E-state index is 12.3. The smallest absolute Gasteiger partial charge is 0.251 e. The summed E-state index contributed by atoms with van der Waals surface area (Å²) in [5, 5.41) is 2.90. The van der Waals surface area contributed by atoms with Crippen molar-refractivity contribution < 1.29 is 17.9 Å². The molecule has 24 heavy (non-hydrogen) atoms. The van der Waals surface area contributed by atoms with Crippen LogP contribution in [0.5, 0.6) is 0 Å². The minimum Gasteiger partial charge on any atom is -0.376 e. The van der Waals surface area contributed by atoms with Crippen LogP contribution in [0, 0.1) is 0 Å². The summed E-state index contributed by atoms with van der Waals surface area (Å²) in [4.78, 5) is 12.3. The van der Waals surface area contributed by atoms with Crippen LogP contribution in [0.15, 0.2) is 18.2 Å². The number of sulfonamides is 1. The number of carbonyl (C=O) groups is 1. The number of nitrogens with zero attached hydrogens (tertiary/aromatic N) is 1. The Balaban J connectivity index is 1.75. The van der Waals surface area contributed by atoms with E-state index in [-0.39, 0.29) is 23.8 Å². The molecule has 6 nitrogen and oxygen atoms in total. The third kappa shape index (κ3) is 3.28. The van der Waals surface area contributed by atoms with Gasteiger partial charge >= 0.3 is 0 Å². The highest BCUT2D eigenvalue weighted by Gasteiger charge is 2.34. The predicted molar refractivity (Wildman–Crippen MR) is 92.9 cm³/mol. The molecule has 1 N–H and O–H groups in total. The lowest BCUT2D eigenvalue weighted by molar-refractivity contribution is 0.0857. The fourth-order valence-electron chi connectivity index (χ4n) is 3.42. The molecule has 1 aromatic carbocycles. The SMILES string of the molecule is CCS(=O)(=O)N1c2ccc(C(=O)NC[C@@H]3CCCO3)cc2C[C@H]1C. The van der Waals surface area contributed by atoms with Crippen molar-refractivity contribution in [1.29, 1.82) is 0 Å². The first-order chi connectivity index (χ1) is 11.4. The van der Waals surface area contributed by atoms with Crippen LogP contribution in [0.3, 0.4) is 0 Å². The highest BCUT2D eigenvalue weighted by atomic mass is 32.2. The monoisotopic (exact) mass is 352 g/mol. The number of fused-ring (bicyclic) bond motifs is 1. The van der Waals surface area contributed by atoms with Gasteiger partial charge in [-0.2, -0.15) is 0 Å². The Morgan fingerprint density at radius 3 is 2.88 bits per heavy atom. The van der Waals surface area contributed by atoms with E-state index in [1.807, 2.05) is 13.0 Å². The topological polar surface area (TPSA) is 75.7 Å². The van der Waals surface area contributed by atoms with Gasteiger partial charge in [-0.15, -0.1) is 0 Å². The van der Waals surface area contributed by atoms with Crippen LogP contribution in [0.4, 0.5) is 5.69 Å². The average Bonchev–Trinajstić information content (AvgIpc) is 3.18. The van der Waals surface area contributed by atoms with Crippen LogP contribution >= 0.6 is 0 Å². The van der Waals surface area contributed by atoms with Crippen molar-refractivity contribution in [2.45, 2.75) is 45.3 Å². The van der Waals surface area contributed by atoms with Crippen LogP contribution in [0.25, 0.3) is 0 Å². The van der Waals surface area contributed by atoms with Crippen molar-refractivity contribution >= 4 is 21.6 Å². The first-order valence-corrected chi connectivity index (χ1v) is 10.1. The molecule has 1 amide bonds. The molecule has 7 heteroatoms. The van der Waals surface area contributed by atoms with E-state index in [1.54, 1.807) is 19.1 Å². The van der Waals surface area contributed by atoms with Crippen LogP contribution in [0.1, 0.15) is 42.6 Å². The molecule has 1 fully saturated rings. The molecular weight excluding hydrogens is 328 g/mol. The van der Waals surface area contributed by atoms with Crippen molar-refractivity contribution in [3.63, 3.8) is 0 Å². The standard InChI is InChI=1S/C17H24N2O4S/c1-3-24(21,22)19-12(2)9-14-10-13(6-7-16(14)19)17(20)18-11-15-5-4-8-23-15/h6-7,10,12,15H,3-5,8-9,11H2,1-2H3,(H,18,20)/t12-,15+/m1/s1. The molecule has 2 heterocycles. The Labute approximate surface area is 143 Å². The molecular formula is C17H24N2O4S. The number of rotatable bonds is 5. The molecule has 0 unspecified atom stereocenters. The van der Waals surface area contributed by atoms with E-state index in [0.29, 0.717) is 24.2 Å². The molecule has 1 aromatic rings. The lowest BCUT2D eigenvalue weighted by atomic mass is 10.1. The van der Waals surface area contributed by atoms with E-state index in [9.17, 15) is 13.2 Å². The van der Waals surface area contributed by atoms with Crippen molar-refractivity contribution in [2.24, 2.45) is 0 Å². The minimum atomic E-state index is -3.30. The second-order valence-electron chi connectivity index (χ2n) is 6.44. The molecule has 0 aliphatic carbocycles. The first-order valence-electron chi connectivity index (χ1n) is 8.47. The van der Waals surface area contributed by atoms with Gasteiger partial charge in [0, 0.05) is 24.8 Å². The maximum atomic E-state index is 12.3.